The molecule has 2 aromatic heterocycles. The minimum atomic E-state index is -0.372. The van der Waals surface area contributed by atoms with Crippen LogP contribution in [0.3, 0.4) is 0 Å². The first-order valence-corrected chi connectivity index (χ1v) is 10.1. The molecule has 0 bridgehead atoms. The van der Waals surface area contributed by atoms with Crippen LogP contribution in [0.25, 0.3) is 11.2 Å². The van der Waals surface area contributed by atoms with Gasteiger partial charge in [-0.05, 0) is 37.5 Å². The second-order valence-electron chi connectivity index (χ2n) is 6.56. The van der Waals surface area contributed by atoms with Crippen molar-refractivity contribution in [2.45, 2.75) is 49.2 Å². The molecule has 1 amide bonds. The first-order valence-electron chi connectivity index (χ1n) is 9.25. The molecule has 2 heterocycles. The minimum Gasteiger partial charge on any atom is -0.497 e. The fourth-order valence-electron chi connectivity index (χ4n) is 2.92. The lowest BCUT2D eigenvalue weighted by molar-refractivity contribution is -0.129. The SMILES string of the molecule is COc1ccc(C)c(Sc2nc3c(N)ncnc3n2CCCCCC(=O)NO)c1. The molecule has 0 saturated carbocycles. The molecule has 0 fully saturated rings. The predicted octanol–water partition coefficient (Wildman–Crippen LogP) is 2.94. The molecule has 29 heavy (non-hydrogen) atoms. The zero-order valence-electron chi connectivity index (χ0n) is 16.4. The smallest absolute Gasteiger partial charge is 0.243 e. The Morgan fingerprint density at radius 1 is 1.31 bits per heavy atom. The fourth-order valence-corrected chi connectivity index (χ4v) is 3.94. The van der Waals surface area contributed by atoms with Crippen molar-refractivity contribution in [2.75, 3.05) is 12.8 Å². The number of methoxy groups -OCH3 is 1. The second-order valence-corrected chi connectivity index (χ2v) is 7.57. The van der Waals surface area contributed by atoms with Gasteiger partial charge >= 0.3 is 0 Å². The number of hydrogen-bond acceptors (Lipinski definition) is 8. The Kier molecular flexibility index (Phi) is 6.89. The number of aromatic nitrogens is 4. The van der Waals surface area contributed by atoms with Gasteiger partial charge in [0.15, 0.2) is 22.1 Å². The van der Waals surface area contributed by atoms with Gasteiger partial charge in [-0.1, -0.05) is 24.2 Å². The predicted molar refractivity (Wildman–Crippen MR) is 110 cm³/mol. The number of nitrogens with one attached hydrogen (secondary N) is 1. The largest absolute Gasteiger partial charge is 0.497 e. The molecule has 9 nitrogen and oxygen atoms in total. The fraction of sp³-hybridized carbons (Fsp3) is 0.368. The Morgan fingerprint density at radius 2 is 2.14 bits per heavy atom. The third kappa shape index (κ3) is 4.96. The number of amides is 1. The number of carbonyl (C=O) groups excluding carboxylic acids is 1. The number of nitrogen functional groups attached to an aromatic ring is 1. The maximum Gasteiger partial charge on any atom is 0.243 e. The topological polar surface area (TPSA) is 128 Å². The Hall–Kier alpha value is -2.85. The number of benzene rings is 1. The zero-order valence-corrected chi connectivity index (χ0v) is 17.2. The van der Waals surface area contributed by atoms with Crippen molar-refractivity contribution < 1.29 is 14.7 Å². The van der Waals surface area contributed by atoms with E-state index in [4.69, 9.17) is 15.7 Å². The molecule has 0 aliphatic rings. The maximum atomic E-state index is 11.1. The van der Waals surface area contributed by atoms with Crippen molar-refractivity contribution in [3.8, 4) is 5.75 Å². The Balaban J connectivity index is 1.83. The van der Waals surface area contributed by atoms with Crippen LogP contribution in [0.1, 0.15) is 31.2 Å². The number of fused-ring (bicyclic) bond motifs is 1. The summed E-state index contributed by atoms with van der Waals surface area (Å²) in [7, 11) is 1.64. The van der Waals surface area contributed by atoms with Crippen LogP contribution < -0.4 is 16.0 Å². The molecule has 3 aromatic rings. The summed E-state index contributed by atoms with van der Waals surface area (Å²) < 4.78 is 7.37. The number of hydroxylamine groups is 1. The van der Waals surface area contributed by atoms with Crippen LogP contribution in [-0.2, 0) is 11.3 Å². The van der Waals surface area contributed by atoms with Gasteiger partial charge in [0.05, 0.1) is 7.11 Å². The molecule has 4 N–H and O–H groups in total. The molecule has 0 radical (unpaired) electrons. The molecule has 154 valence electrons. The lowest BCUT2D eigenvalue weighted by Gasteiger charge is -2.10. The van der Waals surface area contributed by atoms with Crippen LogP contribution in [0.15, 0.2) is 34.6 Å². The number of rotatable bonds is 9. The Labute approximate surface area is 172 Å². The molecular formula is C19H24N6O3S. The van der Waals surface area contributed by atoms with Crippen molar-refractivity contribution in [3.05, 3.63) is 30.1 Å². The summed E-state index contributed by atoms with van der Waals surface area (Å²) in [6.45, 7) is 2.72. The van der Waals surface area contributed by atoms with E-state index in [0.29, 0.717) is 36.4 Å². The summed E-state index contributed by atoms with van der Waals surface area (Å²) in [5.41, 5.74) is 10.0. The van der Waals surface area contributed by atoms with Crippen LogP contribution in [0.5, 0.6) is 5.75 Å². The third-order valence-corrected chi connectivity index (χ3v) is 5.69. The van der Waals surface area contributed by atoms with Gasteiger partial charge in [0, 0.05) is 17.9 Å². The number of anilines is 1. The summed E-state index contributed by atoms with van der Waals surface area (Å²) >= 11 is 1.53. The molecule has 10 heteroatoms. The first-order chi connectivity index (χ1) is 14.0. The highest BCUT2D eigenvalue weighted by Gasteiger charge is 2.17. The molecule has 0 aliphatic heterocycles. The van der Waals surface area contributed by atoms with E-state index in [1.165, 1.54) is 18.1 Å². The minimum absolute atomic E-state index is 0.293. The number of imidazole rings is 1. The zero-order chi connectivity index (χ0) is 20.8. The number of hydrogen-bond donors (Lipinski definition) is 3. The summed E-state index contributed by atoms with van der Waals surface area (Å²) in [5.74, 6) is 0.753. The molecule has 0 aliphatic carbocycles. The van der Waals surface area contributed by atoms with E-state index in [-0.39, 0.29) is 5.91 Å². The van der Waals surface area contributed by atoms with Crippen molar-refractivity contribution >= 4 is 34.7 Å². The highest BCUT2D eigenvalue weighted by molar-refractivity contribution is 7.99. The Morgan fingerprint density at radius 3 is 2.90 bits per heavy atom. The van der Waals surface area contributed by atoms with E-state index in [1.54, 1.807) is 12.6 Å². The van der Waals surface area contributed by atoms with Crippen LogP contribution in [0.2, 0.25) is 0 Å². The number of carbonyl (C=O) groups is 1. The maximum absolute atomic E-state index is 11.1. The highest BCUT2D eigenvalue weighted by Crippen LogP contribution is 2.34. The van der Waals surface area contributed by atoms with Crippen LogP contribution >= 0.6 is 11.8 Å². The normalized spacial score (nSPS) is 11.0. The number of ether oxygens (including phenoxy) is 1. The summed E-state index contributed by atoms with van der Waals surface area (Å²) in [4.78, 5) is 25.3. The molecule has 1 aromatic carbocycles. The second kappa shape index (κ2) is 9.57. The van der Waals surface area contributed by atoms with E-state index in [9.17, 15) is 4.79 Å². The number of nitrogens with two attached hydrogens (primary N) is 1. The van der Waals surface area contributed by atoms with E-state index in [0.717, 1.165) is 34.2 Å². The molecule has 0 spiro atoms. The van der Waals surface area contributed by atoms with Crippen molar-refractivity contribution in [1.82, 2.24) is 25.0 Å². The van der Waals surface area contributed by atoms with E-state index in [1.807, 2.05) is 29.7 Å². The van der Waals surface area contributed by atoms with Gasteiger partial charge in [0.25, 0.3) is 0 Å². The number of aryl methyl sites for hydroxylation is 2. The van der Waals surface area contributed by atoms with Gasteiger partial charge in [-0.25, -0.2) is 20.4 Å². The first kappa shape index (κ1) is 20.9. The molecule has 0 atom stereocenters. The van der Waals surface area contributed by atoms with Gasteiger partial charge in [0.1, 0.15) is 12.1 Å². The molecular weight excluding hydrogens is 392 g/mol. The van der Waals surface area contributed by atoms with Gasteiger partial charge in [0.2, 0.25) is 5.91 Å². The molecule has 3 rings (SSSR count). The monoisotopic (exact) mass is 416 g/mol. The van der Waals surface area contributed by atoms with Crippen molar-refractivity contribution in [2.24, 2.45) is 0 Å². The standard InChI is InChI=1S/C19H24N6O3S/c1-12-7-8-13(28-2)10-14(12)29-19-23-16-17(20)21-11-22-18(16)25(19)9-5-3-4-6-15(26)24-27/h7-8,10-11,27H,3-6,9H2,1-2H3,(H,24,26)(H2,20,21,22). The van der Waals surface area contributed by atoms with Crippen LogP contribution in [-0.4, -0.2) is 37.7 Å². The summed E-state index contributed by atoms with van der Waals surface area (Å²) in [6, 6.07) is 5.91. The van der Waals surface area contributed by atoms with Gasteiger partial charge < -0.3 is 15.0 Å². The van der Waals surface area contributed by atoms with Crippen molar-refractivity contribution in [3.63, 3.8) is 0 Å². The average Bonchev–Trinajstić information content (AvgIpc) is 3.07. The lowest BCUT2D eigenvalue weighted by Crippen LogP contribution is -2.17. The highest BCUT2D eigenvalue weighted by atomic mass is 32.2. The van der Waals surface area contributed by atoms with Gasteiger partial charge in [-0.3, -0.25) is 10.0 Å². The van der Waals surface area contributed by atoms with Crippen LogP contribution in [0.4, 0.5) is 5.82 Å². The molecule has 0 saturated heterocycles. The summed E-state index contributed by atoms with van der Waals surface area (Å²) in [5, 5.41) is 9.35. The quantitative estimate of drug-likeness (QED) is 0.276. The number of unbranched alkanes of at least 4 members (excludes halogenated alkanes) is 2. The van der Waals surface area contributed by atoms with Crippen molar-refractivity contribution in [1.29, 1.82) is 0 Å². The van der Waals surface area contributed by atoms with E-state index in [2.05, 4.69) is 15.0 Å². The van der Waals surface area contributed by atoms with E-state index >= 15 is 0 Å². The summed E-state index contributed by atoms with van der Waals surface area (Å²) in [6.07, 6.45) is 4.08. The van der Waals surface area contributed by atoms with Gasteiger partial charge in [-0.2, -0.15) is 0 Å². The van der Waals surface area contributed by atoms with Gasteiger partial charge in [-0.15, -0.1) is 0 Å². The van der Waals surface area contributed by atoms with E-state index < -0.39 is 0 Å². The number of nitrogens with zero attached hydrogens (tertiary/aromatic N) is 4. The molecule has 0 unspecified atom stereocenters. The lowest BCUT2D eigenvalue weighted by atomic mass is 10.2. The Bertz CT molecular complexity index is 1010. The average molecular weight is 417 g/mol. The van der Waals surface area contributed by atoms with Crippen LogP contribution in [0, 0.1) is 6.92 Å². The third-order valence-electron chi connectivity index (χ3n) is 4.53.